The Balaban J connectivity index is 1.54. The number of nitrogens with one attached hydrogen (secondary N) is 1. The van der Waals surface area contributed by atoms with Gasteiger partial charge in [0, 0.05) is 46.3 Å². The second kappa shape index (κ2) is 6.67. The predicted octanol–water partition coefficient (Wildman–Crippen LogP) is -1.35. The van der Waals surface area contributed by atoms with Crippen LogP contribution in [-0.4, -0.2) is 86.4 Å². The molecule has 2 atom stereocenters. The van der Waals surface area contributed by atoms with Crippen molar-refractivity contribution in [2.75, 3.05) is 39.9 Å². The molecule has 0 aliphatic carbocycles. The molecule has 2 N–H and O–H groups in total. The van der Waals surface area contributed by atoms with E-state index in [0.29, 0.717) is 36.5 Å². The Morgan fingerprint density at radius 2 is 2.18 bits per heavy atom. The number of carboxylic acids is 1. The molecule has 28 heavy (non-hydrogen) atoms. The zero-order valence-electron chi connectivity index (χ0n) is 15.7. The number of ether oxygens (including phenoxy) is 1. The summed E-state index contributed by atoms with van der Waals surface area (Å²) in [4.78, 5) is 47.2. The van der Waals surface area contributed by atoms with Gasteiger partial charge in [-0.1, -0.05) is 0 Å². The van der Waals surface area contributed by atoms with Crippen molar-refractivity contribution in [1.82, 2.24) is 29.5 Å². The number of aliphatic carboxylic acids is 1. The highest BCUT2D eigenvalue weighted by Gasteiger charge is 2.58. The number of rotatable bonds is 5. The molecule has 0 spiro atoms. The number of fused-ring (bicyclic) bond motifs is 2. The van der Waals surface area contributed by atoms with Crippen molar-refractivity contribution < 1.29 is 19.4 Å². The normalized spacial score (nSPS) is 24.8. The molecular weight excluding hydrogens is 368 g/mol. The van der Waals surface area contributed by atoms with Crippen molar-refractivity contribution in [2.24, 2.45) is 18.4 Å². The van der Waals surface area contributed by atoms with Gasteiger partial charge in [0.15, 0.2) is 5.65 Å². The fraction of sp³-hybridized carbons (Fsp3) is 0.588. The number of likely N-dealkylation sites (tertiary alicyclic amines) is 2. The van der Waals surface area contributed by atoms with Gasteiger partial charge in [-0.25, -0.2) is 4.98 Å². The molecular formula is C17H22N6O5. The first-order valence-corrected chi connectivity index (χ1v) is 8.97. The lowest BCUT2D eigenvalue weighted by Gasteiger charge is -2.25. The minimum absolute atomic E-state index is 0.0536. The summed E-state index contributed by atoms with van der Waals surface area (Å²) in [6, 6.07) is 0. The van der Waals surface area contributed by atoms with Crippen molar-refractivity contribution in [3.8, 4) is 0 Å². The van der Waals surface area contributed by atoms with Crippen LogP contribution in [0.1, 0.15) is 5.82 Å². The summed E-state index contributed by atoms with van der Waals surface area (Å²) in [6.45, 7) is 1.62. The molecule has 4 heterocycles. The predicted molar refractivity (Wildman–Crippen MR) is 96.4 cm³/mol. The number of hydrogen-bond acceptors (Lipinski definition) is 7. The van der Waals surface area contributed by atoms with Crippen LogP contribution in [0.3, 0.4) is 0 Å². The first-order chi connectivity index (χ1) is 13.3. The molecule has 2 fully saturated rings. The molecule has 4 rings (SSSR count). The molecule has 11 nitrogen and oxygen atoms in total. The summed E-state index contributed by atoms with van der Waals surface area (Å²) in [6.07, 6.45) is 1.47. The van der Waals surface area contributed by atoms with E-state index in [1.807, 2.05) is 4.90 Å². The number of hydrogen-bond donors (Lipinski definition) is 2. The van der Waals surface area contributed by atoms with Gasteiger partial charge in [-0.15, -0.1) is 0 Å². The summed E-state index contributed by atoms with van der Waals surface area (Å²) < 4.78 is 6.42. The molecule has 2 aromatic heterocycles. The zero-order chi connectivity index (χ0) is 20.1. The van der Waals surface area contributed by atoms with Gasteiger partial charge in [-0.3, -0.25) is 24.0 Å². The van der Waals surface area contributed by atoms with Crippen molar-refractivity contribution >= 4 is 22.9 Å². The highest BCUT2D eigenvalue weighted by atomic mass is 16.5. The number of amides is 1. The average Bonchev–Trinajstić information content (AvgIpc) is 3.27. The maximum Gasteiger partial charge on any atom is 0.313 e. The van der Waals surface area contributed by atoms with Gasteiger partial charge in [0.25, 0.3) is 5.56 Å². The van der Waals surface area contributed by atoms with Crippen LogP contribution in [0.4, 0.5) is 0 Å². The van der Waals surface area contributed by atoms with E-state index in [1.165, 1.54) is 18.0 Å². The molecule has 2 aromatic rings. The summed E-state index contributed by atoms with van der Waals surface area (Å²) in [5.74, 6) is -0.820. The molecule has 11 heteroatoms. The molecule has 0 bridgehead atoms. The van der Waals surface area contributed by atoms with E-state index < -0.39 is 11.4 Å². The van der Waals surface area contributed by atoms with Crippen LogP contribution in [0.25, 0.3) is 11.0 Å². The second-order valence-corrected chi connectivity index (χ2v) is 7.55. The maximum absolute atomic E-state index is 12.2. The summed E-state index contributed by atoms with van der Waals surface area (Å²) in [5, 5.41) is 14.4. The Morgan fingerprint density at radius 1 is 1.39 bits per heavy atom. The molecule has 0 aromatic carbocycles. The molecule has 2 aliphatic rings. The largest absolute Gasteiger partial charge is 0.481 e. The van der Waals surface area contributed by atoms with Gasteiger partial charge in [0.1, 0.15) is 23.2 Å². The molecule has 0 unspecified atom stereocenters. The lowest BCUT2D eigenvalue weighted by Crippen LogP contribution is -2.42. The van der Waals surface area contributed by atoms with Gasteiger partial charge in [0.05, 0.1) is 12.7 Å². The summed E-state index contributed by atoms with van der Waals surface area (Å²) in [7, 11) is 3.15. The molecule has 2 saturated heterocycles. The minimum Gasteiger partial charge on any atom is -0.481 e. The van der Waals surface area contributed by atoms with E-state index in [-0.39, 0.29) is 37.1 Å². The quantitative estimate of drug-likeness (QED) is 0.640. The maximum atomic E-state index is 12.2. The fourth-order valence-corrected chi connectivity index (χ4v) is 4.36. The molecule has 2 aliphatic heterocycles. The summed E-state index contributed by atoms with van der Waals surface area (Å²) >= 11 is 0. The van der Waals surface area contributed by atoms with Crippen molar-refractivity contribution in [1.29, 1.82) is 0 Å². The number of carboxylic acid groups (broad SMARTS) is 1. The Hall–Kier alpha value is -2.79. The standard InChI is InChI=1S/C17H22N6O5/c1-21-14-11(3-18-21)15(25)20-12(19-14)6-22-4-10-5-23(13(24)7-28-2)9-17(10,8-22)16(26)27/h3,10H,4-9H2,1-2H3,(H,26,27)(H,19,20,25)/t10-,17-/m0/s1. The first kappa shape index (κ1) is 18.6. The van der Waals surface area contributed by atoms with Crippen LogP contribution in [0, 0.1) is 11.3 Å². The van der Waals surface area contributed by atoms with Crippen LogP contribution in [-0.2, 0) is 27.9 Å². The van der Waals surface area contributed by atoms with E-state index in [2.05, 4.69) is 15.1 Å². The van der Waals surface area contributed by atoms with Crippen LogP contribution < -0.4 is 5.56 Å². The number of nitrogens with zero attached hydrogens (tertiary/aromatic N) is 5. The smallest absolute Gasteiger partial charge is 0.313 e. The molecule has 0 saturated carbocycles. The van der Waals surface area contributed by atoms with E-state index in [9.17, 15) is 19.5 Å². The van der Waals surface area contributed by atoms with E-state index >= 15 is 0 Å². The second-order valence-electron chi connectivity index (χ2n) is 7.55. The zero-order valence-corrected chi connectivity index (χ0v) is 15.7. The summed E-state index contributed by atoms with van der Waals surface area (Å²) in [5.41, 5.74) is -0.792. The van der Waals surface area contributed by atoms with Gasteiger partial charge in [0.2, 0.25) is 5.91 Å². The monoisotopic (exact) mass is 390 g/mol. The number of aromatic amines is 1. The lowest BCUT2D eigenvalue weighted by molar-refractivity contribution is -0.149. The minimum atomic E-state index is -1.01. The average molecular weight is 390 g/mol. The van der Waals surface area contributed by atoms with Gasteiger partial charge < -0.3 is 19.7 Å². The third-order valence-electron chi connectivity index (χ3n) is 5.75. The SMILES string of the molecule is COCC(=O)N1C[C@@H]2CN(Cc3nc4c(cnn4C)c(=O)[nH]3)C[C@]2(C(=O)O)C1. The Morgan fingerprint density at radius 3 is 2.86 bits per heavy atom. The molecule has 1 amide bonds. The third kappa shape index (κ3) is 2.87. The van der Waals surface area contributed by atoms with Gasteiger partial charge >= 0.3 is 5.97 Å². The Kier molecular flexibility index (Phi) is 4.42. The number of aromatic nitrogens is 4. The van der Waals surface area contributed by atoms with Crippen LogP contribution >= 0.6 is 0 Å². The highest BCUT2D eigenvalue weighted by molar-refractivity contribution is 5.82. The van der Waals surface area contributed by atoms with E-state index in [0.717, 1.165) is 0 Å². The van der Waals surface area contributed by atoms with E-state index in [4.69, 9.17) is 4.74 Å². The number of H-pyrrole nitrogens is 1. The number of carbonyl (C=O) groups excluding carboxylic acids is 1. The fourth-order valence-electron chi connectivity index (χ4n) is 4.36. The van der Waals surface area contributed by atoms with Crippen LogP contribution in [0.15, 0.2) is 11.0 Å². The Bertz CT molecular complexity index is 1000. The van der Waals surface area contributed by atoms with Gasteiger partial charge in [-0.05, 0) is 0 Å². The number of aryl methyl sites for hydroxylation is 1. The van der Waals surface area contributed by atoms with Crippen LogP contribution in [0.5, 0.6) is 0 Å². The highest BCUT2D eigenvalue weighted by Crippen LogP contribution is 2.43. The Labute approximate surface area is 159 Å². The molecule has 150 valence electrons. The third-order valence-corrected chi connectivity index (χ3v) is 5.75. The van der Waals surface area contributed by atoms with Crippen molar-refractivity contribution in [3.05, 3.63) is 22.4 Å². The van der Waals surface area contributed by atoms with E-state index in [1.54, 1.807) is 11.9 Å². The lowest BCUT2D eigenvalue weighted by atomic mass is 9.81. The van der Waals surface area contributed by atoms with Gasteiger partial charge in [-0.2, -0.15) is 5.10 Å². The van der Waals surface area contributed by atoms with Crippen LogP contribution in [0.2, 0.25) is 0 Å². The number of carbonyl (C=O) groups is 2. The first-order valence-electron chi connectivity index (χ1n) is 8.97. The molecule has 0 radical (unpaired) electrons. The topological polar surface area (TPSA) is 134 Å². The number of methoxy groups -OCH3 is 1. The van der Waals surface area contributed by atoms with Crippen molar-refractivity contribution in [3.63, 3.8) is 0 Å². The van der Waals surface area contributed by atoms with Crippen molar-refractivity contribution in [2.45, 2.75) is 6.54 Å².